The van der Waals surface area contributed by atoms with Crippen LogP contribution in [0.2, 0.25) is 0 Å². The fraction of sp³-hybridized carbons (Fsp3) is 0.208. The summed E-state index contributed by atoms with van der Waals surface area (Å²) in [4.78, 5) is 2.42. The van der Waals surface area contributed by atoms with E-state index in [4.69, 9.17) is 10.5 Å². The number of hydrogen-bond donors (Lipinski definition) is 2. The summed E-state index contributed by atoms with van der Waals surface area (Å²) >= 11 is 3.42. The lowest BCUT2D eigenvalue weighted by Gasteiger charge is -2.33. The predicted molar refractivity (Wildman–Crippen MR) is 125 cm³/mol. The maximum atomic E-state index is 9.80. The summed E-state index contributed by atoms with van der Waals surface area (Å²) in [6, 6.07) is 19.0. The minimum absolute atomic E-state index is 0.195. The number of benzene rings is 2. The minimum atomic E-state index is -0.204. The Labute approximate surface area is 185 Å². The SMILES string of the molecule is CSc1ccc(/C=C2\CNCC3=C2OC(N)=C(C#N)C3c2ccc(SC)cc2)cc1. The van der Waals surface area contributed by atoms with Crippen molar-refractivity contribution in [2.45, 2.75) is 15.7 Å². The van der Waals surface area contributed by atoms with Gasteiger partial charge in [-0.3, -0.25) is 0 Å². The Kier molecular flexibility index (Phi) is 6.24. The Morgan fingerprint density at radius 1 is 1.03 bits per heavy atom. The van der Waals surface area contributed by atoms with Crippen LogP contribution >= 0.6 is 23.5 Å². The van der Waals surface area contributed by atoms with Gasteiger partial charge in [0.1, 0.15) is 17.4 Å². The molecule has 0 radical (unpaired) electrons. The Bertz CT molecular complexity index is 1080. The van der Waals surface area contributed by atoms with E-state index < -0.39 is 0 Å². The second-order valence-corrected chi connectivity index (χ2v) is 8.86. The third-order valence-electron chi connectivity index (χ3n) is 5.36. The average molecular weight is 434 g/mol. The second kappa shape index (κ2) is 9.05. The molecule has 0 aliphatic carbocycles. The highest BCUT2D eigenvalue weighted by atomic mass is 32.2. The Morgan fingerprint density at radius 2 is 1.67 bits per heavy atom. The van der Waals surface area contributed by atoms with E-state index in [9.17, 15) is 5.26 Å². The van der Waals surface area contributed by atoms with Crippen LogP contribution in [-0.2, 0) is 4.74 Å². The van der Waals surface area contributed by atoms with Gasteiger partial charge >= 0.3 is 0 Å². The molecule has 30 heavy (non-hydrogen) atoms. The van der Waals surface area contributed by atoms with E-state index in [0.717, 1.165) is 28.0 Å². The average Bonchev–Trinajstić information content (AvgIpc) is 2.79. The molecule has 0 aromatic heterocycles. The molecule has 2 aliphatic heterocycles. The molecule has 4 rings (SSSR count). The number of hydrogen-bond acceptors (Lipinski definition) is 6. The van der Waals surface area contributed by atoms with E-state index in [2.05, 4.69) is 78.5 Å². The molecule has 0 fully saturated rings. The lowest BCUT2D eigenvalue weighted by molar-refractivity contribution is 0.279. The molecule has 2 heterocycles. The fourth-order valence-corrected chi connectivity index (χ4v) is 4.66. The number of thioether (sulfide) groups is 2. The number of nitrogens with one attached hydrogen (secondary N) is 1. The molecule has 2 aromatic rings. The Hall–Kier alpha value is -2.59. The van der Waals surface area contributed by atoms with Gasteiger partial charge in [-0.05, 0) is 59.6 Å². The zero-order valence-corrected chi connectivity index (χ0v) is 18.6. The van der Waals surface area contributed by atoms with E-state index in [1.807, 2.05) is 0 Å². The van der Waals surface area contributed by atoms with Crippen molar-refractivity contribution in [1.29, 1.82) is 5.26 Å². The van der Waals surface area contributed by atoms with Gasteiger partial charge < -0.3 is 15.8 Å². The molecule has 6 heteroatoms. The Balaban J connectivity index is 1.78. The largest absolute Gasteiger partial charge is 0.440 e. The molecule has 0 saturated carbocycles. The number of nitrogens with zero attached hydrogens (tertiary/aromatic N) is 1. The van der Waals surface area contributed by atoms with Gasteiger partial charge in [0.2, 0.25) is 5.88 Å². The van der Waals surface area contributed by atoms with E-state index >= 15 is 0 Å². The van der Waals surface area contributed by atoms with Gasteiger partial charge in [-0.15, -0.1) is 23.5 Å². The highest BCUT2D eigenvalue weighted by Gasteiger charge is 2.35. The maximum absolute atomic E-state index is 9.80. The van der Waals surface area contributed by atoms with E-state index in [-0.39, 0.29) is 11.8 Å². The maximum Gasteiger partial charge on any atom is 0.205 e. The first-order valence-corrected chi connectivity index (χ1v) is 12.1. The molecule has 0 spiro atoms. The van der Waals surface area contributed by atoms with Crippen molar-refractivity contribution in [3.05, 3.63) is 88.0 Å². The van der Waals surface area contributed by atoms with Gasteiger partial charge in [-0.2, -0.15) is 5.26 Å². The summed E-state index contributed by atoms with van der Waals surface area (Å²) < 4.78 is 6.02. The van der Waals surface area contributed by atoms with Crippen molar-refractivity contribution in [2.24, 2.45) is 5.73 Å². The zero-order chi connectivity index (χ0) is 21.1. The molecule has 0 amide bonds. The second-order valence-electron chi connectivity index (χ2n) is 7.10. The van der Waals surface area contributed by atoms with Gasteiger partial charge in [0.25, 0.3) is 0 Å². The van der Waals surface area contributed by atoms with Gasteiger partial charge in [0.05, 0.1) is 5.92 Å². The highest BCUT2D eigenvalue weighted by Crippen LogP contribution is 2.42. The summed E-state index contributed by atoms with van der Waals surface area (Å²) in [5.41, 5.74) is 10.9. The van der Waals surface area contributed by atoms with E-state index in [0.29, 0.717) is 18.7 Å². The van der Waals surface area contributed by atoms with E-state index in [1.54, 1.807) is 23.5 Å². The van der Waals surface area contributed by atoms with Crippen LogP contribution in [0.15, 0.2) is 86.7 Å². The predicted octanol–water partition coefficient (Wildman–Crippen LogP) is 4.88. The van der Waals surface area contributed by atoms with Crippen LogP contribution in [0.1, 0.15) is 17.0 Å². The van der Waals surface area contributed by atoms with Crippen LogP contribution < -0.4 is 11.1 Å². The molecule has 3 N–H and O–H groups in total. The number of rotatable bonds is 4. The quantitative estimate of drug-likeness (QED) is 0.670. The third kappa shape index (κ3) is 4.01. The van der Waals surface area contributed by atoms with Gasteiger partial charge in [-0.25, -0.2) is 0 Å². The van der Waals surface area contributed by atoms with Crippen LogP contribution in [0.3, 0.4) is 0 Å². The molecule has 4 nitrogen and oxygen atoms in total. The summed E-state index contributed by atoms with van der Waals surface area (Å²) in [6.07, 6.45) is 6.25. The number of nitrogens with two attached hydrogens (primary N) is 1. The molecule has 1 unspecified atom stereocenters. The van der Waals surface area contributed by atoms with Crippen molar-refractivity contribution in [1.82, 2.24) is 5.32 Å². The molecule has 2 aromatic carbocycles. The van der Waals surface area contributed by atoms with Crippen molar-refractivity contribution in [3.63, 3.8) is 0 Å². The zero-order valence-electron chi connectivity index (χ0n) is 16.9. The summed E-state index contributed by atoms with van der Waals surface area (Å²) in [6.45, 7) is 1.35. The normalized spacial score (nSPS) is 20.0. The molecule has 152 valence electrons. The van der Waals surface area contributed by atoms with Crippen LogP contribution in [0.5, 0.6) is 0 Å². The summed E-state index contributed by atoms with van der Waals surface area (Å²) in [7, 11) is 0. The smallest absolute Gasteiger partial charge is 0.205 e. The molecular weight excluding hydrogens is 410 g/mol. The monoisotopic (exact) mass is 433 g/mol. The molecule has 1 atom stereocenters. The first kappa shape index (κ1) is 20.7. The standard InChI is InChI=1S/C24H23N3OS2/c1-29-18-7-3-15(4-8-18)11-17-13-27-14-21-22(16-5-9-19(30-2)10-6-16)20(12-25)24(26)28-23(17)21/h3-11,22,27H,13-14,26H2,1-2H3/b17-11+. The number of nitriles is 1. The number of allylic oxidation sites excluding steroid dienone is 1. The van der Waals surface area contributed by atoms with Crippen molar-refractivity contribution < 1.29 is 4.74 Å². The van der Waals surface area contributed by atoms with E-state index in [1.165, 1.54) is 9.79 Å². The van der Waals surface area contributed by atoms with Crippen LogP contribution in [0.25, 0.3) is 6.08 Å². The van der Waals surface area contributed by atoms with Gasteiger partial charge in [-0.1, -0.05) is 24.3 Å². The summed E-state index contributed by atoms with van der Waals surface area (Å²) in [5, 5.41) is 13.3. The van der Waals surface area contributed by atoms with Gasteiger partial charge in [0, 0.05) is 28.5 Å². The minimum Gasteiger partial charge on any atom is -0.440 e. The van der Waals surface area contributed by atoms with Crippen LogP contribution in [-0.4, -0.2) is 25.6 Å². The fourth-order valence-electron chi connectivity index (χ4n) is 3.85. The summed E-state index contributed by atoms with van der Waals surface area (Å²) in [5.74, 6) is 0.781. The van der Waals surface area contributed by atoms with Crippen molar-refractivity contribution >= 4 is 29.6 Å². The highest BCUT2D eigenvalue weighted by molar-refractivity contribution is 7.98. The molecule has 2 aliphatic rings. The third-order valence-corrected chi connectivity index (χ3v) is 6.84. The van der Waals surface area contributed by atoms with Crippen LogP contribution in [0, 0.1) is 11.3 Å². The lowest BCUT2D eigenvalue weighted by Crippen LogP contribution is -2.34. The number of ether oxygens (including phenoxy) is 1. The topological polar surface area (TPSA) is 71.1 Å². The van der Waals surface area contributed by atoms with Gasteiger partial charge in [0.15, 0.2) is 0 Å². The van der Waals surface area contributed by atoms with Crippen molar-refractivity contribution in [3.8, 4) is 6.07 Å². The molecule has 0 saturated heterocycles. The molecule has 0 bridgehead atoms. The first-order chi connectivity index (χ1) is 14.6. The van der Waals surface area contributed by atoms with Crippen molar-refractivity contribution in [2.75, 3.05) is 25.6 Å². The molecular formula is C24H23N3OS2. The Morgan fingerprint density at radius 3 is 2.27 bits per heavy atom. The first-order valence-electron chi connectivity index (χ1n) is 9.65. The van der Waals surface area contributed by atoms with Crippen LogP contribution in [0.4, 0.5) is 0 Å². The lowest BCUT2D eigenvalue weighted by atomic mass is 9.80.